The maximum atomic E-state index is 11.5. The largest absolute Gasteiger partial charge is 0.355 e. The van der Waals surface area contributed by atoms with E-state index in [0.29, 0.717) is 12.0 Å². The molecule has 1 aromatic carbocycles. The minimum atomic E-state index is -0.0975. The number of benzene rings is 1. The highest BCUT2D eigenvalue weighted by Crippen LogP contribution is 2.25. The van der Waals surface area contributed by atoms with Gasteiger partial charge in [0.25, 0.3) is 0 Å². The number of aryl methyl sites for hydroxylation is 2. The molecule has 0 fully saturated rings. The quantitative estimate of drug-likeness (QED) is 0.823. The van der Waals surface area contributed by atoms with Crippen molar-refractivity contribution in [1.29, 1.82) is 0 Å². The summed E-state index contributed by atoms with van der Waals surface area (Å²) in [5, 5.41) is 3.85. The van der Waals surface area contributed by atoms with Crippen molar-refractivity contribution in [3.8, 4) is 0 Å². The molecule has 1 N–H and O–H groups in total. The summed E-state index contributed by atoms with van der Waals surface area (Å²) in [5.74, 6) is -0.0975. The minimum Gasteiger partial charge on any atom is -0.355 e. The molecular formula is C15H18N2O. The molecule has 0 spiro atoms. The van der Waals surface area contributed by atoms with Gasteiger partial charge in [-0.3, -0.25) is 4.79 Å². The molecule has 0 bridgehead atoms. The molecule has 0 aliphatic carbocycles. The Morgan fingerprint density at radius 3 is 2.67 bits per heavy atom. The molecule has 94 valence electrons. The van der Waals surface area contributed by atoms with Crippen LogP contribution in [0.2, 0.25) is 0 Å². The van der Waals surface area contributed by atoms with Crippen molar-refractivity contribution < 1.29 is 4.79 Å². The molecule has 0 atom stereocenters. The number of nitrogens with zero attached hydrogens (tertiary/aromatic N) is 1. The number of likely N-dealkylation sites (N-methyl/N-ethyl adjacent to an activating group) is 1. The van der Waals surface area contributed by atoms with Crippen molar-refractivity contribution in [3.05, 3.63) is 47.7 Å². The van der Waals surface area contributed by atoms with Crippen molar-refractivity contribution >= 4 is 16.8 Å². The van der Waals surface area contributed by atoms with Gasteiger partial charge in [0.05, 0.1) is 0 Å². The molecule has 0 radical (unpaired) electrons. The molecule has 2 rings (SSSR count). The van der Waals surface area contributed by atoms with E-state index < -0.39 is 0 Å². The molecule has 1 amide bonds. The van der Waals surface area contributed by atoms with Gasteiger partial charge in [-0.15, -0.1) is 0 Å². The number of amides is 1. The fraction of sp³-hybridized carbons (Fsp3) is 0.267. The number of hydrogen-bond acceptors (Lipinski definition) is 1. The van der Waals surface area contributed by atoms with Crippen LogP contribution in [0, 0.1) is 6.92 Å². The molecule has 1 heterocycles. The van der Waals surface area contributed by atoms with Crippen molar-refractivity contribution in [3.63, 3.8) is 0 Å². The monoisotopic (exact) mass is 242 g/mol. The minimum absolute atomic E-state index is 0.0975. The summed E-state index contributed by atoms with van der Waals surface area (Å²) < 4.78 is 2.14. The standard InChI is InChI=1S/C15H18N2O/c1-10(15(18)16-3)9-14-11(2)12-7-5-6-8-13(12)17(14)4/h5-8H,1,9H2,2-4H3,(H,16,18). The molecule has 0 unspecified atom stereocenters. The van der Waals surface area contributed by atoms with E-state index in [1.54, 1.807) is 7.05 Å². The highest BCUT2D eigenvalue weighted by molar-refractivity contribution is 5.93. The summed E-state index contributed by atoms with van der Waals surface area (Å²) in [6.07, 6.45) is 0.580. The Morgan fingerprint density at radius 1 is 1.39 bits per heavy atom. The van der Waals surface area contributed by atoms with Crippen LogP contribution in [0.1, 0.15) is 11.3 Å². The lowest BCUT2D eigenvalue weighted by molar-refractivity contribution is -0.117. The van der Waals surface area contributed by atoms with Gasteiger partial charge in [0.15, 0.2) is 0 Å². The molecular weight excluding hydrogens is 224 g/mol. The topological polar surface area (TPSA) is 34.0 Å². The van der Waals surface area contributed by atoms with E-state index in [0.717, 1.165) is 5.69 Å². The van der Waals surface area contributed by atoms with E-state index in [-0.39, 0.29) is 5.91 Å². The van der Waals surface area contributed by atoms with Gasteiger partial charge < -0.3 is 9.88 Å². The van der Waals surface area contributed by atoms with Crippen LogP contribution in [-0.2, 0) is 18.3 Å². The highest BCUT2D eigenvalue weighted by Gasteiger charge is 2.14. The van der Waals surface area contributed by atoms with E-state index in [2.05, 4.69) is 35.5 Å². The summed E-state index contributed by atoms with van der Waals surface area (Å²) in [6.45, 7) is 5.94. The lowest BCUT2D eigenvalue weighted by Crippen LogP contribution is -2.21. The van der Waals surface area contributed by atoms with Crippen LogP contribution in [0.4, 0.5) is 0 Å². The smallest absolute Gasteiger partial charge is 0.246 e. The Hall–Kier alpha value is -2.03. The maximum absolute atomic E-state index is 11.5. The first-order valence-corrected chi connectivity index (χ1v) is 5.99. The Kier molecular flexibility index (Phi) is 3.24. The summed E-state index contributed by atoms with van der Waals surface area (Å²) in [7, 11) is 3.66. The van der Waals surface area contributed by atoms with Gasteiger partial charge in [0, 0.05) is 42.7 Å². The third-order valence-corrected chi connectivity index (χ3v) is 3.44. The lowest BCUT2D eigenvalue weighted by Gasteiger charge is -2.07. The lowest BCUT2D eigenvalue weighted by atomic mass is 10.1. The Bertz CT molecular complexity index is 584. The third-order valence-electron chi connectivity index (χ3n) is 3.44. The number of fused-ring (bicyclic) bond motifs is 1. The molecule has 3 heteroatoms. The van der Waals surface area contributed by atoms with Crippen LogP contribution in [0.5, 0.6) is 0 Å². The van der Waals surface area contributed by atoms with Gasteiger partial charge >= 0.3 is 0 Å². The second kappa shape index (κ2) is 4.69. The fourth-order valence-corrected chi connectivity index (χ4v) is 2.35. The second-order valence-corrected chi connectivity index (χ2v) is 4.51. The number of hydrogen-bond donors (Lipinski definition) is 1. The Labute approximate surface area is 107 Å². The van der Waals surface area contributed by atoms with Crippen molar-refractivity contribution in [2.24, 2.45) is 7.05 Å². The van der Waals surface area contributed by atoms with Crippen LogP contribution in [0.15, 0.2) is 36.4 Å². The molecule has 2 aromatic rings. The number of carbonyl (C=O) groups is 1. The number of nitrogens with one attached hydrogen (secondary N) is 1. The van der Waals surface area contributed by atoms with E-state index in [1.807, 2.05) is 19.2 Å². The second-order valence-electron chi connectivity index (χ2n) is 4.51. The number of para-hydroxylation sites is 1. The van der Waals surface area contributed by atoms with E-state index >= 15 is 0 Å². The number of carbonyl (C=O) groups excluding carboxylic acids is 1. The SMILES string of the molecule is C=C(Cc1c(C)c2ccccc2n1C)C(=O)NC. The normalized spacial score (nSPS) is 10.6. The van der Waals surface area contributed by atoms with Gasteiger partial charge in [-0.1, -0.05) is 24.8 Å². The zero-order valence-corrected chi connectivity index (χ0v) is 11.1. The van der Waals surface area contributed by atoms with Crippen LogP contribution < -0.4 is 5.32 Å². The molecule has 0 saturated carbocycles. The first-order chi connectivity index (χ1) is 8.56. The van der Waals surface area contributed by atoms with E-state index in [9.17, 15) is 4.79 Å². The highest BCUT2D eigenvalue weighted by atomic mass is 16.1. The van der Waals surface area contributed by atoms with Crippen LogP contribution >= 0.6 is 0 Å². The summed E-state index contributed by atoms with van der Waals surface area (Å²) >= 11 is 0. The molecule has 3 nitrogen and oxygen atoms in total. The van der Waals surface area contributed by atoms with E-state index in [4.69, 9.17) is 0 Å². The predicted molar refractivity (Wildman–Crippen MR) is 74.6 cm³/mol. The fourth-order valence-electron chi connectivity index (χ4n) is 2.35. The Balaban J connectivity index is 2.46. The zero-order valence-electron chi connectivity index (χ0n) is 11.1. The van der Waals surface area contributed by atoms with Crippen molar-refractivity contribution in [1.82, 2.24) is 9.88 Å². The maximum Gasteiger partial charge on any atom is 0.246 e. The van der Waals surface area contributed by atoms with Crippen molar-refractivity contribution in [2.75, 3.05) is 7.05 Å². The molecule has 0 saturated heterocycles. The van der Waals surface area contributed by atoms with Gasteiger partial charge in [0.2, 0.25) is 5.91 Å². The molecule has 1 aromatic heterocycles. The predicted octanol–water partition coefficient (Wildman–Crippen LogP) is 2.33. The van der Waals surface area contributed by atoms with Gasteiger partial charge in [-0.25, -0.2) is 0 Å². The third kappa shape index (κ3) is 1.92. The number of aromatic nitrogens is 1. The summed E-state index contributed by atoms with van der Waals surface area (Å²) in [6, 6.07) is 8.26. The van der Waals surface area contributed by atoms with Crippen LogP contribution in [0.25, 0.3) is 10.9 Å². The zero-order chi connectivity index (χ0) is 13.3. The van der Waals surface area contributed by atoms with E-state index in [1.165, 1.54) is 16.5 Å². The van der Waals surface area contributed by atoms with Gasteiger partial charge in [0.1, 0.15) is 0 Å². The summed E-state index contributed by atoms with van der Waals surface area (Å²) in [5.41, 5.74) is 4.14. The first kappa shape index (κ1) is 12.4. The van der Waals surface area contributed by atoms with Gasteiger partial charge in [-0.05, 0) is 18.6 Å². The average Bonchev–Trinajstić information content (AvgIpc) is 2.63. The molecule has 0 aliphatic heterocycles. The Morgan fingerprint density at radius 2 is 2.06 bits per heavy atom. The van der Waals surface area contributed by atoms with Crippen molar-refractivity contribution in [2.45, 2.75) is 13.3 Å². The van der Waals surface area contributed by atoms with Gasteiger partial charge in [-0.2, -0.15) is 0 Å². The van der Waals surface area contributed by atoms with Crippen LogP contribution in [-0.4, -0.2) is 17.5 Å². The number of rotatable bonds is 3. The van der Waals surface area contributed by atoms with Crippen LogP contribution in [0.3, 0.4) is 0 Å². The average molecular weight is 242 g/mol. The molecule has 18 heavy (non-hydrogen) atoms. The first-order valence-electron chi connectivity index (χ1n) is 5.99. The molecule has 0 aliphatic rings. The summed E-state index contributed by atoms with van der Waals surface area (Å²) in [4.78, 5) is 11.5.